The summed E-state index contributed by atoms with van der Waals surface area (Å²) in [5, 5.41) is -0.0764. The molecule has 0 aromatic carbocycles. The average molecular weight is 159 g/mol. The van der Waals surface area contributed by atoms with Crippen molar-refractivity contribution in [1.29, 1.82) is 0 Å². The third-order valence-corrected chi connectivity index (χ3v) is 3.17. The Kier molecular flexibility index (Phi) is 3.68. The zero-order valence-electron chi connectivity index (χ0n) is 6.72. The summed E-state index contributed by atoms with van der Waals surface area (Å²) in [5.74, 6) is 0. The molecule has 0 unspecified atom stereocenters. The second-order valence-corrected chi connectivity index (χ2v) is 4.11. The van der Waals surface area contributed by atoms with Crippen LogP contribution in [0, 0.1) is 0 Å². The molecule has 0 atom stereocenters. The van der Waals surface area contributed by atoms with E-state index in [0.717, 1.165) is 12.8 Å². The Morgan fingerprint density at radius 2 is 2.00 bits per heavy atom. The first-order chi connectivity index (χ1) is 3.67. The number of hydrogen-bond acceptors (Lipinski definition) is 2. The van der Waals surface area contributed by atoms with E-state index in [9.17, 15) is 8.42 Å². The molecule has 0 aromatic heterocycles. The molecule has 1 aliphatic rings. The van der Waals surface area contributed by atoms with Crippen LogP contribution >= 0.6 is 0 Å². The average Bonchev–Trinajstić information content (AvgIpc) is 2.44. The first-order valence-corrected chi connectivity index (χ1v) is 4.14. The fourth-order valence-electron chi connectivity index (χ4n) is 0.545. The van der Waals surface area contributed by atoms with Crippen LogP contribution in [0.1, 0.15) is 14.3 Å². The van der Waals surface area contributed by atoms with E-state index in [4.69, 9.17) is 0 Å². The molecule has 0 bridgehead atoms. The molecular weight excluding hydrogens is 149 g/mol. The van der Waals surface area contributed by atoms with Crippen LogP contribution in [0.25, 0.3) is 0 Å². The van der Waals surface area contributed by atoms with Crippen molar-refractivity contribution in [3.8, 4) is 0 Å². The smallest absolute Gasteiger partial charge is 1.00 e. The van der Waals surface area contributed by atoms with E-state index in [0.29, 0.717) is 0 Å². The molecule has 1 fully saturated rings. The number of hydrogen-bond donors (Lipinski definition) is 1. The van der Waals surface area contributed by atoms with Crippen molar-refractivity contribution in [3.63, 3.8) is 0 Å². The fraction of sp³-hybridized carbons (Fsp3) is 1.00. The summed E-state index contributed by atoms with van der Waals surface area (Å²) in [6.45, 7) is 0. The van der Waals surface area contributed by atoms with Crippen molar-refractivity contribution in [3.05, 3.63) is 0 Å². The summed E-state index contributed by atoms with van der Waals surface area (Å²) in [5.41, 5.74) is 0. The van der Waals surface area contributed by atoms with E-state index >= 15 is 0 Å². The van der Waals surface area contributed by atoms with Crippen molar-refractivity contribution in [2.24, 2.45) is 0 Å². The van der Waals surface area contributed by atoms with Crippen molar-refractivity contribution in [2.75, 3.05) is 7.05 Å². The van der Waals surface area contributed by atoms with E-state index in [1.165, 1.54) is 7.05 Å². The van der Waals surface area contributed by atoms with Gasteiger partial charge >= 0.3 is 29.6 Å². The predicted molar refractivity (Wildman–Crippen MR) is 32.1 cm³/mol. The molecule has 9 heavy (non-hydrogen) atoms. The van der Waals surface area contributed by atoms with Gasteiger partial charge in [-0.15, -0.1) is 0 Å². The van der Waals surface area contributed by atoms with Gasteiger partial charge in [-0.05, 0) is 19.9 Å². The molecule has 5 heteroatoms. The molecular formula is C4H10NNaO2S. The number of sulfonamides is 1. The van der Waals surface area contributed by atoms with Gasteiger partial charge in [-0.3, -0.25) is 0 Å². The number of nitrogens with one attached hydrogen (secondary N) is 1. The summed E-state index contributed by atoms with van der Waals surface area (Å²) >= 11 is 0. The normalized spacial score (nSPS) is 18.8. The molecule has 0 radical (unpaired) electrons. The fourth-order valence-corrected chi connectivity index (χ4v) is 1.64. The van der Waals surface area contributed by atoms with E-state index < -0.39 is 10.0 Å². The van der Waals surface area contributed by atoms with Gasteiger partial charge in [0.15, 0.2) is 0 Å². The third kappa shape index (κ3) is 2.55. The van der Waals surface area contributed by atoms with Crippen molar-refractivity contribution >= 4 is 10.0 Å². The van der Waals surface area contributed by atoms with Crippen molar-refractivity contribution < 1.29 is 39.4 Å². The van der Waals surface area contributed by atoms with Gasteiger partial charge in [0.25, 0.3) is 0 Å². The van der Waals surface area contributed by atoms with E-state index in [-0.39, 0.29) is 36.2 Å². The molecule has 50 valence electrons. The largest absolute Gasteiger partial charge is 1.00 e. The molecule has 0 spiro atoms. The van der Waals surface area contributed by atoms with Gasteiger partial charge in [-0.1, -0.05) is 0 Å². The Labute approximate surface area is 79.0 Å². The van der Waals surface area contributed by atoms with Gasteiger partial charge in [0.05, 0.1) is 5.25 Å². The first kappa shape index (κ1) is 9.91. The minimum absolute atomic E-state index is 0. The Hall–Kier alpha value is 0.910. The second-order valence-electron chi connectivity index (χ2n) is 1.95. The van der Waals surface area contributed by atoms with Gasteiger partial charge in [-0.2, -0.15) is 0 Å². The van der Waals surface area contributed by atoms with Crippen LogP contribution < -0.4 is 34.3 Å². The summed E-state index contributed by atoms with van der Waals surface area (Å²) in [4.78, 5) is 0. The Morgan fingerprint density at radius 1 is 1.56 bits per heavy atom. The van der Waals surface area contributed by atoms with Gasteiger partial charge < -0.3 is 1.43 Å². The molecule has 0 saturated heterocycles. The van der Waals surface area contributed by atoms with Crippen LogP contribution in [0.4, 0.5) is 0 Å². The van der Waals surface area contributed by atoms with Crippen LogP contribution in [0.15, 0.2) is 0 Å². The number of rotatable bonds is 2. The van der Waals surface area contributed by atoms with Crippen molar-refractivity contribution in [1.82, 2.24) is 4.72 Å². The molecule has 0 heterocycles. The third-order valence-electron chi connectivity index (χ3n) is 1.25. The minimum Gasteiger partial charge on any atom is -1.00 e. The van der Waals surface area contributed by atoms with Crippen LogP contribution in [-0.4, -0.2) is 20.7 Å². The summed E-state index contributed by atoms with van der Waals surface area (Å²) in [7, 11) is -1.42. The molecule has 1 rings (SSSR count). The van der Waals surface area contributed by atoms with Gasteiger partial charge in [0, 0.05) is 0 Å². The summed E-state index contributed by atoms with van der Waals surface area (Å²) in [6.07, 6.45) is 1.67. The second kappa shape index (κ2) is 3.34. The maximum Gasteiger partial charge on any atom is 1.00 e. The SMILES string of the molecule is CNS(=O)(=O)C1CC1.[H-].[Na+]. The first-order valence-electron chi connectivity index (χ1n) is 2.59. The van der Waals surface area contributed by atoms with E-state index in [2.05, 4.69) is 4.72 Å². The maximum atomic E-state index is 10.7. The Morgan fingerprint density at radius 3 is 2.11 bits per heavy atom. The van der Waals surface area contributed by atoms with Crippen LogP contribution in [0.5, 0.6) is 0 Å². The Bertz CT molecular complexity index is 178. The zero-order valence-corrected chi connectivity index (χ0v) is 8.53. The molecule has 1 saturated carbocycles. The van der Waals surface area contributed by atoms with Crippen LogP contribution in [0.3, 0.4) is 0 Å². The monoisotopic (exact) mass is 159 g/mol. The summed E-state index contributed by atoms with van der Waals surface area (Å²) in [6, 6.07) is 0. The standard InChI is InChI=1S/C4H9NO2S.Na.H/c1-5-8(6,7)4-2-3-4;;/h4-5H,2-3H2,1H3;;/q;+1;-1. The quantitative estimate of drug-likeness (QED) is 0.432. The molecule has 3 nitrogen and oxygen atoms in total. The molecule has 1 N–H and O–H groups in total. The van der Waals surface area contributed by atoms with Crippen LogP contribution in [0.2, 0.25) is 0 Å². The van der Waals surface area contributed by atoms with E-state index in [1.54, 1.807) is 0 Å². The predicted octanol–water partition coefficient (Wildman–Crippen LogP) is -3.19. The van der Waals surface area contributed by atoms with Crippen molar-refractivity contribution in [2.45, 2.75) is 18.1 Å². The van der Waals surface area contributed by atoms with Gasteiger partial charge in [0.1, 0.15) is 0 Å². The molecule has 0 amide bonds. The molecule has 0 aromatic rings. The maximum absolute atomic E-state index is 10.7. The van der Waals surface area contributed by atoms with Crippen LogP contribution in [-0.2, 0) is 10.0 Å². The Balaban J connectivity index is 0. The van der Waals surface area contributed by atoms with Gasteiger partial charge in [0.2, 0.25) is 10.0 Å². The molecule has 1 aliphatic carbocycles. The van der Waals surface area contributed by atoms with Gasteiger partial charge in [-0.25, -0.2) is 13.1 Å². The topological polar surface area (TPSA) is 46.2 Å². The molecule has 0 aliphatic heterocycles. The van der Waals surface area contributed by atoms with E-state index in [1.807, 2.05) is 0 Å². The summed E-state index contributed by atoms with van der Waals surface area (Å²) < 4.78 is 23.6. The zero-order chi connectivity index (χ0) is 6.20. The minimum atomic E-state index is -2.88.